The highest BCUT2D eigenvalue weighted by molar-refractivity contribution is 5.91. The smallest absolute Gasteiger partial charge is 0.274 e. The number of hydrogen-bond acceptors (Lipinski definition) is 3. The first kappa shape index (κ1) is 13.0. The molecule has 2 rings (SSSR count). The molecule has 1 aromatic heterocycles. The van der Waals surface area contributed by atoms with Crippen LogP contribution in [-0.4, -0.2) is 34.2 Å². The van der Waals surface area contributed by atoms with Crippen molar-refractivity contribution in [3.8, 4) is 5.69 Å². The predicted molar refractivity (Wildman–Crippen MR) is 72.5 cm³/mol. The Morgan fingerprint density at radius 3 is 2.53 bits per heavy atom. The standard InChI is InChI=1S/C14H15N3O2/c1-3-16(2)14(19)12-9-10-13(18)17(15-12)11-7-5-4-6-8-11/h4-10H,3H2,1-2H3. The van der Waals surface area contributed by atoms with Crippen LogP contribution < -0.4 is 5.56 Å². The van der Waals surface area contributed by atoms with Crippen molar-refractivity contribution in [2.24, 2.45) is 0 Å². The van der Waals surface area contributed by atoms with Crippen molar-refractivity contribution in [1.29, 1.82) is 0 Å². The fourth-order valence-corrected chi connectivity index (χ4v) is 1.62. The van der Waals surface area contributed by atoms with E-state index in [-0.39, 0.29) is 17.2 Å². The Labute approximate surface area is 111 Å². The van der Waals surface area contributed by atoms with Crippen LogP contribution >= 0.6 is 0 Å². The first-order valence-electron chi connectivity index (χ1n) is 6.04. The SMILES string of the molecule is CCN(C)C(=O)c1ccc(=O)n(-c2ccccc2)n1. The van der Waals surface area contributed by atoms with Crippen LogP contribution in [0.15, 0.2) is 47.3 Å². The Morgan fingerprint density at radius 1 is 1.21 bits per heavy atom. The van der Waals surface area contributed by atoms with Gasteiger partial charge in [-0.3, -0.25) is 9.59 Å². The van der Waals surface area contributed by atoms with E-state index in [2.05, 4.69) is 5.10 Å². The molecule has 0 fully saturated rings. The van der Waals surface area contributed by atoms with Crippen LogP contribution in [0.1, 0.15) is 17.4 Å². The average molecular weight is 257 g/mol. The quantitative estimate of drug-likeness (QED) is 0.833. The van der Waals surface area contributed by atoms with Crippen LogP contribution in [0.4, 0.5) is 0 Å². The first-order valence-corrected chi connectivity index (χ1v) is 6.04. The Balaban J connectivity index is 2.47. The van der Waals surface area contributed by atoms with E-state index in [1.807, 2.05) is 25.1 Å². The fourth-order valence-electron chi connectivity index (χ4n) is 1.62. The first-order chi connectivity index (χ1) is 9.13. The van der Waals surface area contributed by atoms with E-state index in [1.165, 1.54) is 16.8 Å². The Bertz CT molecular complexity index is 635. The lowest BCUT2D eigenvalue weighted by Crippen LogP contribution is -2.30. The molecule has 0 aliphatic heterocycles. The number of benzene rings is 1. The topological polar surface area (TPSA) is 55.2 Å². The van der Waals surface area contributed by atoms with Gasteiger partial charge in [-0.05, 0) is 25.1 Å². The lowest BCUT2D eigenvalue weighted by Gasteiger charge is -2.14. The molecular weight excluding hydrogens is 242 g/mol. The maximum Gasteiger partial charge on any atom is 0.274 e. The highest BCUT2D eigenvalue weighted by Crippen LogP contribution is 2.04. The van der Waals surface area contributed by atoms with Crippen molar-refractivity contribution in [3.05, 3.63) is 58.5 Å². The molecule has 98 valence electrons. The van der Waals surface area contributed by atoms with Gasteiger partial charge in [-0.25, -0.2) is 0 Å². The molecule has 0 radical (unpaired) electrons. The van der Waals surface area contributed by atoms with Gasteiger partial charge in [0, 0.05) is 19.7 Å². The minimum Gasteiger partial charge on any atom is -0.341 e. The molecule has 1 aromatic carbocycles. The maximum atomic E-state index is 12.0. The van der Waals surface area contributed by atoms with Crippen molar-refractivity contribution in [1.82, 2.24) is 14.7 Å². The van der Waals surface area contributed by atoms with Crippen LogP contribution in [0.2, 0.25) is 0 Å². The van der Waals surface area contributed by atoms with Crippen LogP contribution in [0, 0.1) is 0 Å². The van der Waals surface area contributed by atoms with Gasteiger partial charge in [0.2, 0.25) is 0 Å². The monoisotopic (exact) mass is 257 g/mol. The van der Waals surface area contributed by atoms with E-state index in [0.29, 0.717) is 12.2 Å². The van der Waals surface area contributed by atoms with Gasteiger partial charge in [-0.15, -0.1) is 0 Å². The highest BCUT2D eigenvalue weighted by atomic mass is 16.2. The van der Waals surface area contributed by atoms with Crippen LogP contribution in [0.25, 0.3) is 5.69 Å². The third-order valence-electron chi connectivity index (χ3n) is 2.84. The molecular formula is C14H15N3O2. The zero-order valence-corrected chi connectivity index (χ0v) is 10.9. The molecule has 0 aliphatic carbocycles. The van der Waals surface area contributed by atoms with E-state index in [1.54, 1.807) is 24.1 Å². The summed E-state index contributed by atoms with van der Waals surface area (Å²) in [6.07, 6.45) is 0. The van der Waals surface area contributed by atoms with Crippen LogP contribution in [0.5, 0.6) is 0 Å². The second kappa shape index (κ2) is 5.48. The summed E-state index contributed by atoms with van der Waals surface area (Å²) >= 11 is 0. The predicted octanol–water partition coefficient (Wildman–Crippen LogP) is 1.32. The van der Waals surface area contributed by atoms with Gasteiger partial charge in [0.1, 0.15) is 5.69 Å². The normalized spacial score (nSPS) is 10.2. The van der Waals surface area contributed by atoms with Crippen molar-refractivity contribution in [2.45, 2.75) is 6.92 Å². The molecule has 5 nitrogen and oxygen atoms in total. The average Bonchev–Trinajstić information content (AvgIpc) is 2.47. The number of amides is 1. The molecule has 0 bridgehead atoms. The van der Waals surface area contributed by atoms with Crippen molar-refractivity contribution >= 4 is 5.91 Å². The second-order valence-electron chi connectivity index (χ2n) is 4.12. The zero-order valence-electron chi connectivity index (χ0n) is 10.9. The molecule has 5 heteroatoms. The molecule has 1 heterocycles. The molecule has 0 aliphatic rings. The highest BCUT2D eigenvalue weighted by Gasteiger charge is 2.13. The van der Waals surface area contributed by atoms with Gasteiger partial charge in [-0.1, -0.05) is 18.2 Å². The molecule has 2 aromatic rings. The van der Waals surface area contributed by atoms with Crippen molar-refractivity contribution in [3.63, 3.8) is 0 Å². The van der Waals surface area contributed by atoms with E-state index >= 15 is 0 Å². The van der Waals surface area contributed by atoms with Crippen LogP contribution in [-0.2, 0) is 0 Å². The molecule has 1 amide bonds. The summed E-state index contributed by atoms with van der Waals surface area (Å²) in [5.74, 6) is -0.202. The molecule has 0 N–H and O–H groups in total. The van der Waals surface area contributed by atoms with Crippen molar-refractivity contribution in [2.75, 3.05) is 13.6 Å². The van der Waals surface area contributed by atoms with E-state index in [4.69, 9.17) is 0 Å². The number of para-hydroxylation sites is 1. The number of carbonyl (C=O) groups excluding carboxylic acids is 1. The number of nitrogens with zero attached hydrogens (tertiary/aromatic N) is 3. The van der Waals surface area contributed by atoms with E-state index in [9.17, 15) is 9.59 Å². The lowest BCUT2D eigenvalue weighted by atomic mass is 10.3. The van der Waals surface area contributed by atoms with Crippen LogP contribution in [0.3, 0.4) is 0 Å². The fraction of sp³-hybridized carbons (Fsp3) is 0.214. The number of carbonyl (C=O) groups is 1. The number of aromatic nitrogens is 2. The summed E-state index contributed by atoms with van der Waals surface area (Å²) in [5.41, 5.74) is 0.635. The van der Waals surface area contributed by atoms with Gasteiger partial charge in [0.15, 0.2) is 0 Å². The summed E-state index contributed by atoms with van der Waals surface area (Å²) < 4.78 is 1.23. The summed E-state index contributed by atoms with van der Waals surface area (Å²) in [4.78, 5) is 25.4. The Kier molecular flexibility index (Phi) is 3.75. The van der Waals surface area contributed by atoms with Gasteiger partial charge in [-0.2, -0.15) is 9.78 Å². The van der Waals surface area contributed by atoms with Crippen molar-refractivity contribution < 1.29 is 4.79 Å². The van der Waals surface area contributed by atoms with Gasteiger partial charge in [0.05, 0.1) is 5.69 Å². The summed E-state index contributed by atoms with van der Waals surface area (Å²) in [6, 6.07) is 11.8. The molecule has 19 heavy (non-hydrogen) atoms. The Hall–Kier alpha value is -2.43. The van der Waals surface area contributed by atoms with E-state index in [0.717, 1.165) is 0 Å². The Morgan fingerprint density at radius 2 is 1.89 bits per heavy atom. The molecule has 0 saturated heterocycles. The third kappa shape index (κ3) is 2.70. The van der Waals surface area contributed by atoms with E-state index < -0.39 is 0 Å². The molecule has 0 spiro atoms. The van der Waals surface area contributed by atoms with Gasteiger partial charge < -0.3 is 4.90 Å². The number of hydrogen-bond donors (Lipinski definition) is 0. The summed E-state index contributed by atoms with van der Waals surface area (Å²) in [6.45, 7) is 2.47. The molecule has 0 atom stereocenters. The summed E-state index contributed by atoms with van der Waals surface area (Å²) in [7, 11) is 1.70. The third-order valence-corrected chi connectivity index (χ3v) is 2.84. The molecule has 0 unspecified atom stereocenters. The zero-order chi connectivity index (χ0) is 13.8. The lowest BCUT2D eigenvalue weighted by molar-refractivity contribution is 0.0794. The minimum absolute atomic E-state index is 0.202. The van der Waals surface area contributed by atoms with Gasteiger partial charge in [0.25, 0.3) is 11.5 Å². The van der Waals surface area contributed by atoms with Gasteiger partial charge >= 0.3 is 0 Å². The summed E-state index contributed by atoms with van der Waals surface area (Å²) in [5, 5.41) is 4.12. The maximum absolute atomic E-state index is 12.0. The number of rotatable bonds is 3. The molecule has 0 saturated carbocycles. The minimum atomic E-state index is -0.262. The second-order valence-corrected chi connectivity index (χ2v) is 4.12. The largest absolute Gasteiger partial charge is 0.341 e.